The minimum atomic E-state index is -0.286. The summed E-state index contributed by atoms with van der Waals surface area (Å²) in [6.45, 7) is 3.45. The van der Waals surface area contributed by atoms with Crippen LogP contribution >= 0.6 is 0 Å². The lowest BCUT2D eigenvalue weighted by Gasteiger charge is -2.27. The Kier molecular flexibility index (Phi) is 3.38. The Bertz CT molecular complexity index is 1160. The average Bonchev–Trinajstić information content (AvgIpc) is 3.38. The Morgan fingerprint density at radius 2 is 1.96 bits per heavy atom. The number of nitrogens with zero attached hydrogens (tertiary/aromatic N) is 4. The molecule has 0 unspecified atom stereocenters. The van der Waals surface area contributed by atoms with Gasteiger partial charge in [0.25, 0.3) is 5.91 Å². The van der Waals surface area contributed by atoms with Gasteiger partial charge in [-0.1, -0.05) is 18.2 Å². The fourth-order valence-electron chi connectivity index (χ4n) is 4.22. The van der Waals surface area contributed by atoms with Crippen LogP contribution in [-0.4, -0.2) is 38.4 Å². The van der Waals surface area contributed by atoms with E-state index in [4.69, 9.17) is 0 Å². The maximum Gasteiger partial charge on any atom is 0.273 e. The lowest BCUT2D eigenvalue weighted by Crippen LogP contribution is -2.36. The van der Waals surface area contributed by atoms with E-state index in [-0.39, 0.29) is 17.2 Å². The van der Waals surface area contributed by atoms with Gasteiger partial charge in [0, 0.05) is 43.1 Å². The fourth-order valence-corrected chi connectivity index (χ4v) is 4.22. The molecule has 6 heteroatoms. The number of amides is 1. The Balaban J connectivity index is 1.80. The van der Waals surface area contributed by atoms with Crippen molar-refractivity contribution in [2.45, 2.75) is 32.2 Å². The van der Waals surface area contributed by atoms with Crippen molar-refractivity contribution in [2.75, 3.05) is 7.05 Å². The van der Waals surface area contributed by atoms with Crippen LogP contribution in [0.3, 0.4) is 0 Å². The van der Waals surface area contributed by atoms with Crippen LogP contribution in [0.2, 0.25) is 0 Å². The SMILES string of the molecule is CC(=O)c1cc2n(n1)-c1cc(-c3cccnc3C)ccc1C1(CC1)N(C)C2=O. The standard InChI is InChI=1S/C22H20N4O2/c1-13-16(5-4-10-23-13)15-6-7-17-19(11-15)26-20(12-18(24-26)14(2)27)21(28)25(3)22(17)8-9-22/h4-7,10-12H,8-9H2,1-3H3. The van der Waals surface area contributed by atoms with Crippen molar-refractivity contribution < 1.29 is 9.59 Å². The molecule has 1 aliphatic heterocycles. The number of ketones is 1. The summed E-state index contributed by atoms with van der Waals surface area (Å²) in [4.78, 5) is 31.3. The second-order valence-electron chi connectivity index (χ2n) is 7.65. The van der Waals surface area contributed by atoms with Crippen LogP contribution < -0.4 is 0 Å². The van der Waals surface area contributed by atoms with Crippen molar-refractivity contribution >= 4 is 11.7 Å². The van der Waals surface area contributed by atoms with Gasteiger partial charge in [-0.3, -0.25) is 14.6 Å². The quantitative estimate of drug-likeness (QED) is 0.646. The van der Waals surface area contributed by atoms with Gasteiger partial charge in [0.05, 0.1) is 11.2 Å². The summed E-state index contributed by atoms with van der Waals surface area (Å²) in [5.41, 5.74) is 5.38. The minimum absolute atomic E-state index is 0.104. The predicted molar refractivity (Wildman–Crippen MR) is 105 cm³/mol. The van der Waals surface area contributed by atoms with Crippen molar-refractivity contribution in [3.63, 3.8) is 0 Å². The molecule has 2 aliphatic rings. The van der Waals surface area contributed by atoms with E-state index in [1.807, 2.05) is 31.0 Å². The van der Waals surface area contributed by atoms with Crippen LogP contribution in [-0.2, 0) is 5.54 Å². The number of aromatic nitrogens is 3. The first-order chi connectivity index (χ1) is 13.4. The number of benzene rings is 1. The zero-order chi connectivity index (χ0) is 19.6. The number of carbonyl (C=O) groups is 2. The third-order valence-corrected chi connectivity index (χ3v) is 6.00. The number of pyridine rings is 1. The highest BCUT2D eigenvalue weighted by molar-refractivity contribution is 5.99. The predicted octanol–water partition coefficient (Wildman–Crippen LogP) is 3.52. The molecule has 1 fully saturated rings. The van der Waals surface area contributed by atoms with Gasteiger partial charge in [-0.2, -0.15) is 5.10 Å². The molecule has 0 atom stereocenters. The molecule has 1 saturated carbocycles. The summed E-state index contributed by atoms with van der Waals surface area (Å²) in [6, 6.07) is 11.8. The second kappa shape index (κ2) is 5.61. The molecule has 0 N–H and O–H groups in total. The van der Waals surface area contributed by atoms with Gasteiger partial charge < -0.3 is 4.90 Å². The molecular weight excluding hydrogens is 352 g/mol. The van der Waals surface area contributed by atoms with Gasteiger partial charge in [0.15, 0.2) is 5.78 Å². The van der Waals surface area contributed by atoms with Crippen LogP contribution in [0.1, 0.15) is 52.0 Å². The van der Waals surface area contributed by atoms with E-state index < -0.39 is 0 Å². The Morgan fingerprint density at radius 1 is 1.18 bits per heavy atom. The number of Topliss-reactive ketones (excluding diaryl/α,β-unsaturated/α-hetero) is 1. The van der Waals surface area contributed by atoms with Gasteiger partial charge in [-0.25, -0.2) is 4.68 Å². The van der Waals surface area contributed by atoms with Gasteiger partial charge >= 0.3 is 0 Å². The number of carbonyl (C=O) groups excluding carboxylic acids is 2. The number of hydrogen-bond acceptors (Lipinski definition) is 4. The first-order valence-electron chi connectivity index (χ1n) is 9.38. The van der Waals surface area contributed by atoms with Crippen LogP contribution in [0.25, 0.3) is 16.8 Å². The largest absolute Gasteiger partial charge is 0.331 e. The van der Waals surface area contributed by atoms with Crippen LogP contribution in [0.4, 0.5) is 0 Å². The maximum atomic E-state index is 13.1. The molecule has 3 aromatic rings. The molecule has 0 radical (unpaired) electrons. The zero-order valence-corrected chi connectivity index (χ0v) is 16.1. The van der Waals surface area contributed by atoms with Gasteiger partial charge in [-0.15, -0.1) is 0 Å². The van der Waals surface area contributed by atoms with Crippen molar-refractivity contribution in [2.24, 2.45) is 0 Å². The average molecular weight is 372 g/mol. The molecule has 1 spiro atoms. The topological polar surface area (TPSA) is 68.1 Å². The van der Waals surface area contributed by atoms with E-state index in [0.29, 0.717) is 11.4 Å². The normalized spacial score (nSPS) is 16.5. The minimum Gasteiger partial charge on any atom is -0.331 e. The first-order valence-corrected chi connectivity index (χ1v) is 9.38. The second-order valence-corrected chi connectivity index (χ2v) is 7.65. The lowest BCUT2D eigenvalue weighted by molar-refractivity contribution is 0.0704. The third kappa shape index (κ3) is 2.21. The van der Waals surface area contributed by atoms with Crippen molar-refractivity contribution in [3.8, 4) is 16.8 Å². The van der Waals surface area contributed by atoms with Gasteiger partial charge in [0.1, 0.15) is 11.4 Å². The third-order valence-electron chi connectivity index (χ3n) is 6.00. The molecule has 5 rings (SSSR count). The van der Waals surface area contributed by atoms with E-state index in [9.17, 15) is 9.59 Å². The summed E-state index contributed by atoms with van der Waals surface area (Å²) in [5.74, 6) is -0.259. The molecule has 2 aromatic heterocycles. The molecule has 0 bridgehead atoms. The zero-order valence-electron chi connectivity index (χ0n) is 16.1. The van der Waals surface area contributed by atoms with E-state index >= 15 is 0 Å². The fraction of sp³-hybridized carbons (Fsp3) is 0.273. The molecular formula is C22H20N4O2. The van der Waals surface area contributed by atoms with Crippen LogP contribution in [0.5, 0.6) is 0 Å². The Labute approximate surface area is 162 Å². The van der Waals surface area contributed by atoms with E-state index in [1.54, 1.807) is 16.9 Å². The number of aryl methyl sites for hydroxylation is 1. The molecule has 1 aliphatic carbocycles. The van der Waals surface area contributed by atoms with Crippen LogP contribution in [0.15, 0.2) is 42.6 Å². The van der Waals surface area contributed by atoms with Crippen molar-refractivity contribution in [1.29, 1.82) is 0 Å². The molecule has 1 aromatic carbocycles. The number of hydrogen-bond donors (Lipinski definition) is 0. The summed E-state index contributed by atoms with van der Waals surface area (Å²) in [6.07, 6.45) is 3.63. The molecule has 1 amide bonds. The highest BCUT2D eigenvalue weighted by Crippen LogP contribution is 2.54. The van der Waals surface area contributed by atoms with E-state index in [0.717, 1.165) is 40.9 Å². The highest BCUT2D eigenvalue weighted by Gasteiger charge is 2.53. The Morgan fingerprint density at radius 3 is 2.64 bits per heavy atom. The molecule has 3 heterocycles. The number of rotatable bonds is 2. The molecule has 0 saturated heterocycles. The maximum absolute atomic E-state index is 13.1. The van der Waals surface area contributed by atoms with Gasteiger partial charge in [-0.05, 0) is 37.5 Å². The van der Waals surface area contributed by atoms with Crippen LogP contribution in [0, 0.1) is 6.92 Å². The molecule has 6 nitrogen and oxygen atoms in total. The van der Waals surface area contributed by atoms with Crippen molar-refractivity contribution in [3.05, 3.63) is 65.2 Å². The lowest BCUT2D eigenvalue weighted by atomic mass is 9.96. The van der Waals surface area contributed by atoms with E-state index in [2.05, 4.69) is 28.3 Å². The molecule has 28 heavy (non-hydrogen) atoms. The number of fused-ring (bicyclic) bond motifs is 4. The molecule has 140 valence electrons. The summed E-state index contributed by atoms with van der Waals surface area (Å²) in [5, 5.41) is 4.49. The first kappa shape index (κ1) is 16.9. The van der Waals surface area contributed by atoms with Crippen molar-refractivity contribution in [1.82, 2.24) is 19.7 Å². The summed E-state index contributed by atoms with van der Waals surface area (Å²) < 4.78 is 1.65. The summed E-state index contributed by atoms with van der Waals surface area (Å²) >= 11 is 0. The smallest absolute Gasteiger partial charge is 0.273 e. The monoisotopic (exact) mass is 372 g/mol. The van der Waals surface area contributed by atoms with Gasteiger partial charge in [0.2, 0.25) is 0 Å². The highest BCUT2D eigenvalue weighted by atomic mass is 16.2. The Hall–Kier alpha value is -3.28. The summed E-state index contributed by atoms with van der Waals surface area (Å²) in [7, 11) is 1.84. The van der Waals surface area contributed by atoms with E-state index in [1.165, 1.54) is 6.92 Å².